The predicted molar refractivity (Wildman–Crippen MR) is 110 cm³/mol. The Morgan fingerprint density at radius 2 is 1.88 bits per heavy atom. The smallest absolute Gasteiger partial charge is 0.191 e. The van der Waals surface area contributed by atoms with Gasteiger partial charge in [-0.3, -0.25) is 4.99 Å². The standard InChI is InChI=1S/C18H29FN4.HI/c1-17(2,23(4)5)12-21-16(20-3)22-13-18(10-11-18)14-8-6-7-9-15(14)19;/h6-9H,10-13H2,1-5H3,(H2,20,21,22);1H. The lowest BCUT2D eigenvalue weighted by Crippen LogP contribution is -2.51. The second kappa shape index (κ2) is 8.47. The molecule has 1 saturated carbocycles. The number of aliphatic imine (C=N–C) groups is 1. The van der Waals surface area contributed by atoms with Crippen LogP contribution in [0.1, 0.15) is 32.3 Å². The van der Waals surface area contributed by atoms with E-state index in [0.29, 0.717) is 6.54 Å². The topological polar surface area (TPSA) is 39.7 Å². The third kappa shape index (κ3) is 5.05. The molecule has 24 heavy (non-hydrogen) atoms. The number of halogens is 2. The highest BCUT2D eigenvalue weighted by atomic mass is 127. The van der Waals surface area contributed by atoms with Gasteiger partial charge in [0.1, 0.15) is 5.82 Å². The molecule has 0 unspecified atom stereocenters. The van der Waals surface area contributed by atoms with Crippen molar-refractivity contribution in [2.45, 2.75) is 37.6 Å². The molecular formula is C18H30FIN4. The van der Waals surface area contributed by atoms with E-state index in [-0.39, 0.29) is 40.7 Å². The average Bonchev–Trinajstić information content (AvgIpc) is 3.28. The fourth-order valence-corrected chi connectivity index (χ4v) is 2.52. The quantitative estimate of drug-likeness (QED) is 0.400. The summed E-state index contributed by atoms with van der Waals surface area (Å²) in [4.78, 5) is 6.46. The van der Waals surface area contributed by atoms with Crippen molar-refractivity contribution in [3.8, 4) is 0 Å². The van der Waals surface area contributed by atoms with Crippen molar-refractivity contribution in [2.75, 3.05) is 34.2 Å². The van der Waals surface area contributed by atoms with Gasteiger partial charge in [0.2, 0.25) is 0 Å². The number of guanidine groups is 1. The maximum atomic E-state index is 14.0. The van der Waals surface area contributed by atoms with Gasteiger partial charge in [0.15, 0.2) is 5.96 Å². The first-order valence-electron chi connectivity index (χ1n) is 8.18. The molecule has 2 rings (SSSR count). The van der Waals surface area contributed by atoms with E-state index in [1.165, 1.54) is 0 Å². The Balaban J connectivity index is 0.00000288. The number of likely N-dealkylation sites (N-methyl/N-ethyl adjacent to an activating group) is 1. The van der Waals surface area contributed by atoms with Crippen molar-refractivity contribution in [3.63, 3.8) is 0 Å². The van der Waals surface area contributed by atoms with Gasteiger partial charge in [0, 0.05) is 31.1 Å². The Bertz CT molecular complexity index is 568. The molecule has 0 atom stereocenters. The van der Waals surface area contributed by atoms with Gasteiger partial charge >= 0.3 is 0 Å². The van der Waals surface area contributed by atoms with E-state index in [4.69, 9.17) is 0 Å². The Morgan fingerprint density at radius 1 is 1.25 bits per heavy atom. The van der Waals surface area contributed by atoms with Crippen LogP contribution in [-0.4, -0.2) is 50.6 Å². The normalized spacial score (nSPS) is 16.5. The zero-order valence-corrected chi connectivity index (χ0v) is 17.6. The van der Waals surface area contributed by atoms with Crippen LogP contribution in [0.5, 0.6) is 0 Å². The molecule has 1 aliphatic rings. The van der Waals surface area contributed by atoms with Crippen molar-refractivity contribution in [2.24, 2.45) is 4.99 Å². The lowest BCUT2D eigenvalue weighted by Gasteiger charge is -2.33. The summed E-state index contributed by atoms with van der Waals surface area (Å²) < 4.78 is 14.0. The van der Waals surface area contributed by atoms with E-state index in [9.17, 15) is 4.39 Å². The molecule has 1 fully saturated rings. The van der Waals surface area contributed by atoms with Crippen molar-refractivity contribution < 1.29 is 4.39 Å². The third-order valence-corrected chi connectivity index (χ3v) is 5.02. The number of hydrogen-bond acceptors (Lipinski definition) is 2. The molecule has 1 aliphatic carbocycles. The first-order chi connectivity index (χ1) is 10.8. The zero-order chi connectivity index (χ0) is 17.1. The second-order valence-electron chi connectivity index (χ2n) is 7.25. The Hall–Kier alpha value is -0.890. The lowest BCUT2D eigenvalue weighted by molar-refractivity contribution is 0.197. The lowest BCUT2D eigenvalue weighted by atomic mass is 9.95. The van der Waals surface area contributed by atoms with Gasteiger partial charge in [-0.05, 0) is 52.4 Å². The van der Waals surface area contributed by atoms with Gasteiger partial charge in [-0.15, -0.1) is 24.0 Å². The molecule has 0 heterocycles. The predicted octanol–water partition coefficient (Wildman–Crippen LogP) is 2.98. The minimum absolute atomic E-state index is 0. The van der Waals surface area contributed by atoms with E-state index < -0.39 is 0 Å². The minimum atomic E-state index is -0.108. The SMILES string of the molecule is CN=C(NCC1(c2ccccc2F)CC1)NCC(C)(C)N(C)C.I. The van der Waals surface area contributed by atoms with Crippen LogP contribution in [0.15, 0.2) is 29.3 Å². The molecule has 0 amide bonds. The molecule has 4 nitrogen and oxygen atoms in total. The summed E-state index contributed by atoms with van der Waals surface area (Å²) in [5.41, 5.74) is 0.761. The van der Waals surface area contributed by atoms with Crippen molar-refractivity contribution in [3.05, 3.63) is 35.6 Å². The summed E-state index contributed by atoms with van der Waals surface area (Å²) in [7, 11) is 5.89. The Morgan fingerprint density at radius 3 is 2.38 bits per heavy atom. The highest BCUT2D eigenvalue weighted by molar-refractivity contribution is 14.0. The van der Waals surface area contributed by atoms with Gasteiger partial charge < -0.3 is 15.5 Å². The van der Waals surface area contributed by atoms with Crippen LogP contribution in [0.4, 0.5) is 4.39 Å². The monoisotopic (exact) mass is 448 g/mol. The molecule has 0 radical (unpaired) electrons. The van der Waals surface area contributed by atoms with Gasteiger partial charge in [0.05, 0.1) is 0 Å². The van der Waals surface area contributed by atoms with E-state index in [1.54, 1.807) is 19.2 Å². The molecule has 2 N–H and O–H groups in total. The van der Waals surface area contributed by atoms with Crippen LogP contribution in [-0.2, 0) is 5.41 Å². The molecule has 1 aromatic carbocycles. The average molecular weight is 448 g/mol. The van der Waals surface area contributed by atoms with Crippen LogP contribution in [0.2, 0.25) is 0 Å². The summed E-state index contributed by atoms with van der Waals surface area (Å²) in [6.45, 7) is 5.84. The third-order valence-electron chi connectivity index (χ3n) is 5.02. The highest BCUT2D eigenvalue weighted by Gasteiger charge is 2.45. The van der Waals surface area contributed by atoms with Crippen LogP contribution in [0.3, 0.4) is 0 Å². The number of nitrogens with one attached hydrogen (secondary N) is 2. The molecule has 0 aliphatic heterocycles. The minimum Gasteiger partial charge on any atom is -0.356 e. The number of nitrogens with zero attached hydrogens (tertiary/aromatic N) is 2. The van der Waals surface area contributed by atoms with Gasteiger partial charge in [-0.1, -0.05) is 18.2 Å². The second-order valence-corrected chi connectivity index (χ2v) is 7.25. The number of hydrogen-bond donors (Lipinski definition) is 2. The van der Waals surface area contributed by atoms with E-state index in [0.717, 1.165) is 30.9 Å². The van der Waals surface area contributed by atoms with Crippen molar-refractivity contribution in [1.29, 1.82) is 0 Å². The van der Waals surface area contributed by atoms with Crippen LogP contribution in [0, 0.1) is 5.82 Å². The van der Waals surface area contributed by atoms with E-state index >= 15 is 0 Å². The van der Waals surface area contributed by atoms with Crippen molar-refractivity contribution in [1.82, 2.24) is 15.5 Å². The molecule has 6 heteroatoms. The maximum absolute atomic E-state index is 14.0. The fourth-order valence-electron chi connectivity index (χ4n) is 2.52. The summed E-state index contributed by atoms with van der Waals surface area (Å²) in [5.74, 6) is 0.658. The van der Waals surface area contributed by atoms with Gasteiger partial charge in [0.25, 0.3) is 0 Å². The van der Waals surface area contributed by atoms with Crippen LogP contribution in [0.25, 0.3) is 0 Å². The zero-order valence-electron chi connectivity index (χ0n) is 15.3. The molecule has 1 aromatic rings. The van der Waals surface area contributed by atoms with Gasteiger partial charge in [-0.2, -0.15) is 0 Å². The van der Waals surface area contributed by atoms with Crippen LogP contribution < -0.4 is 10.6 Å². The number of rotatable bonds is 6. The molecule has 0 saturated heterocycles. The Kier molecular flexibility index (Phi) is 7.46. The summed E-state index contributed by atoms with van der Waals surface area (Å²) in [6.07, 6.45) is 2.03. The molecule has 0 bridgehead atoms. The van der Waals surface area contributed by atoms with E-state index in [2.05, 4.69) is 48.5 Å². The Labute approximate surface area is 162 Å². The fraction of sp³-hybridized carbons (Fsp3) is 0.611. The molecule has 136 valence electrons. The summed E-state index contributed by atoms with van der Waals surface area (Å²) >= 11 is 0. The summed E-state index contributed by atoms with van der Waals surface area (Å²) in [6, 6.07) is 7.09. The highest BCUT2D eigenvalue weighted by Crippen LogP contribution is 2.48. The summed E-state index contributed by atoms with van der Waals surface area (Å²) in [5, 5.41) is 6.72. The maximum Gasteiger partial charge on any atom is 0.191 e. The largest absolute Gasteiger partial charge is 0.356 e. The van der Waals surface area contributed by atoms with E-state index in [1.807, 2.05) is 12.1 Å². The number of benzene rings is 1. The van der Waals surface area contributed by atoms with Crippen LogP contribution >= 0.6 is 24.0 Å². The van der Waals surface area contributed by atoms with Crippen molar-refractivity contribution >= 4 is 29.9 Å². The molecular weight excluding hydrogens is 418 g/mol. The first kappa shape index (κ1) is 21.2. The van der Waals surface area contributed by atoms with Gasteiger partial charge in [-0.25, -0.2) is 4.39 Å². The molecule has 0 spiro atoms. The molecule has 0 aromatic heterocycles. The first-order valence-corrected chi connectivity index (χ1v) is 8.18.